The molecular formula is C26H28F3N5O5S. The first-order valence-electron chi connectivity index (χ1n) is 12.6. The maximum absolute atomic E-state index is 13.6. The number of rotatable bonds is 9. The summed E-state index contributed by atoms with van der Waals surface area (Å²) >= 11 is 0. The van der Waals surface area contributed by atoms with Crippen molar-refractivity contribution in [2.24, 2.45) is 0 Å². The summed E-state index contributed by atoms with van der Waals surface area (Å²) in [5, 5.41) is 20.9. The summed E-state index contributed by atoms with van der Waals surface area (Å²) in [4.78, 5) is 17.9. The second-order valence-electron chi connectivity index (χ2n) is 10.1. The van der Waals surface area contributed by atoms with E-state index in [1.165, 1.54) is 4.68 Å². The Labute approximate surface area is 228 Å². The Morgan fingerprint density at radius 2 is 2.08 bits per heavy atom. The van der Waals surface area contributed by atoms with Crippen molar-refractivity contribution in [1.29, 1.82) is 0 Å². The van der Waals surface area contributed by atoms with E-state index < -0.39 is 45.9 Å². The number of carbonyl (C=O) groups is 1. The Hall–Kier alpha value is -3.65. The molecule has 3 heterocycles. The van der Waals surface area contributed by atoms with E-state index >= 15 is 0 Å². The molecule has 5 rings (SSSR count). The van der Waals surface area contributed by atoms with Crippen molar-refractivity contribution in [1.82, 2.24) is 20.1 Å². The molecule has 10 nitrogen and oxygen atoms in total. The first kappa shape index (κ1) is 27.9. The third-order valence-electron chi connectivity index (χ3n) is 6.92. The van der Waals surface area contributed by atoms with Crippen LogP contribution in [-0.4, -0.2) is 65.2 Å². The number of aliphatic hydroxyl groups excluding tert-OH is 1. The fourth-order valence-corrected chi connectivity index (χ4v) is 5.95. The van der Waals surface area contributed by atoms with Crippen molar-refractivity contribution in [3.8, 4) is 11.6 Å². The van der Waals surface area contributed by atoms with E-state index in [1.54, 1.807) is 36.5 Å². The van der Waals surface area contributed by atoms with Gasteiger partial charge in [-0.25, -0.2) is 13.4 Å². The number of benzene rings is 1. The lowest BCUT2D eigenvalue weighted by molar-refractivity contribution is -0.136. The van der Waals surface area contributed by atoms with Crippen LogP contribution in [0, 0.1) is 0 Å². The number of hydrogen-bond acceptors (Lipinski definition) is 8. The number of carbonyl (C=O) groups excluding carboxylic acids is 1. The van der Waals surface area contributed by atoms with Crippen molar-refractivity contribution < 1.29 is 36.2 Å². The van der Waals surface area contributed by atoms with Gasteiger partial charge in [0.1, 0.15) is 23.4 Å². The van der Waals surface area contributed by atoms with Gasteiger partial charge < -0.3 is 20.5 Å². The molecule has 1 amide bonds. The molecule has 1 aliphatic carbocycles. The number of hydrogen-bond donors (Lipinski definition) is 3. The number of aryl methyl sites for hydroxylation is 1. The van der Waals surface area contributed by atoms with Gasteiger partial charge in [0.25, 0.3) is 5.91 Å². The van der Waals surface area contributed by atoms with E-state index in [9.17, 15) is 31.5 Å². The van der Waals surface area contributed by atoms with Gasteiger partial charge >= 0.3 is 6.18 Å². The number of aromatic nitrogens is 3. The molecule has 1 aromatic carbocycles. The van der Waals surface area contributed by atoms with Gasteiger partial charge in [0.15, 0.2) is 15.7 Å². The van der Waals surface area contributed by atoms with E-state index in [4.69, 9.17) is 4.74 Å². The molecule has 0 fully saturated rings. The normalized spacial score (nSPS) is 19.2. The summed E-state index contributed by atoms with van der Waals surface area (Å²) in [5.41, 5.74) is 1.65. The summed E-state index contributed by atoms with van der Waals surface area (Å²) in [6, 6.07) is 10.4. The zero-order chi connectivity index (χ0) is 28.7. The molecule has 0 radical (unpaired) electrons. The molecule has 0 saturated carbocycles. The first-order chi connectivity index (χ1) is 18.8. The summed E-state index contributed by atoms with van der Waals surface area (Å²) in [6.07, 6.45) is -2.73. The SMILES string of the molecule is CS(=O)(=O)CC(O)Nc1c2c(nn1-c1ccccn1)C[C@]1(CCc3cc(OCCCC(F)(F)F)ccc31)NC2=O. The average molecular weight is 580 g/mol. The number of aliphatic hydroxyl groups is 1. The third kappa shape index (κ3) is 5.92. The van der Waals surface area contributed by atoms with Crippen LogP contribution in [0.1, 0.15) is 46.4 Å². The Morgan fingerprint density at radius 3 is 2.77 bits per heavy atom. The molecule has 0 bridgehead atoms. The average Bonchev–Trinajstić information content (AvgIpc) is 3.39. The molecule has 3 N–H and O–H groups in total. The second kappa shape index (κ2) is 10.4. The van der Waals surface area contributed by atoms with Gasteiger partial charge in [0, 0.05) is 25.3 Å². The summed E-state index contributed by atoms with van der Waals surface area (Å²) in [7, 11) is -3.53. The zero-order valence-electron chi connectivity index (χ0n) is 21.5. The number of sulfone groups is 1. The van der Waals surface area contributed by atoms with Crippen LogP contribution in [0.5, 0.6) is 5.75 Å². The van der Waals surface area contributed by atoms with Gasteiger partial charge in [-0.15, -0.1) is 0 Å². The Kier molecular flexibility index (Phi) is 7.25. The van der Waals surface area contributed by atoms with Gasteiger partial charge in [0.05, 0.1) is 23.6 Å². The smallest absolute Gasteiger partial charge is 0.389 e. The van der Waals surface area contributed by atoms with Gasteiger partial charge in [-0.2, -0.15) is 23.0 Å². The minimum absolute atomic E-state index is 0.0601. The number of nitrogens with zero attached hydrogens (tertiary/aromatic N) is 3. The van der Waals surface area contributed by atoms with E-state index in [1.807, 2.05) is 6.07 Å². The van der Waals surface area contributed by atoms with Crippen molar-refractivity contribution >= 4 is 21.6 Å². The van der Waals surface area contributed by atoms with Crippen LogP contribution in [-0.2, 0) is 28.2 Å². The Morgan fingerprint density at radius 1 is 1.27 bits per heavy atom. The molecule has 1 unspecified atom stereocenters. The van der Waals surface area contributed by atoms with Crippen molar-refractivity contribution in [3.63, 3.8) is 0 Å². The number of halogens is 3. The zero-order valence-corrected chi connectivity index (χ0v) is 22.3. The van der Waals surface area contributed by atoms with Crippen LogP contribution >= 0.6 is 0 Å². The second-order valence-corrected chi connectivity index (χ2v) is 12.3. The minimum atomic E-state index is -4.23. The summed E-state index contributed by atoms with van der Waals surface area (Å²) in [5.74, 6) is -0.0660. The molecule has 214 valence electrons. The van der Waals surface area contributed by atoms with Gasteiger partial charge in [-0.3, -0.25) is 4.79 Å². The number of nitrogens with one attached hydrogen (secondary N) is 2. The van der Waals surface area contributed by atoms with Crippen LogP contribution in [0.4, 0.5) is 19.0 Å². The fraction of sp³-hybridized carbons (Fsp3) is 0.423. The van der Waals surface area contributed by atoms with Gasteiger partial charge in [0.2, 0.25) is 0 Å². The lowest BCUT2D eigenvalue weighted by Crippen LogP contribution is -2.50. The van der Waals surface area contributed by atoms with Crippen LogP contribution in [0.15, 0.2) is 42.6 Å². The van der Waals surface area contributed by atoms with Gasteiger partial charge in [-0.05, 0) is 54.7 Å². The Bertz CT molecular complexity index is 1530. The van der Waals surface area contributed by atoms with Crippen molar-refractivity contribution in [2.75, 3.05) is 23.9 Å². The number of pyridine rings is 1. The van der Waals surface area contributed by atoms with Crippen molar-refractivity contribution in [2.45, 2.75) is 50.0 Å². The third-order valence-corrected chi connectivity index (χ3v) is 7.85. The van der Waals surface area contributed by atoms with E-state index in [2.05, 4.69) is 20.7 Å². The number of amides is 1. The molecular weight excluding hydrogens is 551 g/mol. The summed E-state index contributed by atoms with van der Waals surface area (Å²) in [6.45, 7) is -0.0601. The molecule has 2 aliphatic rings. The van der Waals surface area contributed by atoms with Crippen molar-refractivity contribution in [3.05, 3.63) is 65.0 Å². The predicted octanol–water partition coefficient (Wildman–Crippen LogP) is 2.89. The van der Waals surface area contributed by atoms with Crippen LogP contribution in [0.25, 0.3) is 5.82 Å². The molecule has 2 aromatic heterocycles. The lowest BCUT2D eigenvalue weighted by atomic mass is 9.82. The molecule has 1 spiro atoms. The molecule has 1 aliphatic heterocycles. The number of ether oxygens (including phenoxy) is 1. The molecule has 3 aromatic rings. The molecule has 40 heavy (non-hydrogen) atoms. The van der Waals surface area contributed by atoms with Gasteiger partial charge in [-0.1, -0.05) is 12.1 Å². The van der Waals surface area contributed by atoms with Crippen LogP contribution < -0.4 is 15.4 Å². The number of fused-ring (bicyclic) bond motifs is 3. The maximum Gasteiger partial charge on any atom is 0.389 e. The van der Waals surface area contributed by atoms with E-state index in [-0.39, 0.29) is 24.4 Å². The highest BCUT2D eigenvalue weighted by Gasteiger charge is 2.47. The van der Waals surface area contributed by atoms with E-state index in [0.29, 0.717) is 36.5 Å². The quantitative estimate of drug-likeness (QED) is 0.260. The number of anilines is 1. The molecule has 14 heteroatoms. The topological polar surface area (TPSA) is 135 Å². The largest absolute Gasteiger partial charge is 0.494 e. The molecule has 0 saturated heterocycles. The maximum atomic E-state index is 13.6. The Balaban J connectivity index is 1.43. The molecule has 2 atom stereocenters. The number of alkyl halides is 3. The fourth-order valence-electron chi connectivity index (χ4n) is 5.29. The first-order valence-corrected chi connectivity index (χ1v) is 14.7. The highest BCUT2D eigenvalue weighted by atomic mass is 32.2. The highest BCUT2D eigenvalue weighted by molar-refractivity contribution is 7.90. The highest BCUT2D eigenvalue weighted by Crippen LogP contribution is 2.44. The lowest BCUT2D eigenvalue weighted by Gasteiger charge is -2.35. The van der Waals surface area contributed by atoms with Crippen LogP contribution in [0.3, 0.4) is 0 Å². The minimum Gasteiger partial charge on any atom is -0.494 e. The van der Waals surface area contributed by atoms with Crippen LogP contribution in [0.2, 0.25) is 0 Å². The standard InChI is InChI=1S/C26H28F3N5O5S/c1-40(37,38)15-21(35)31-23-22-19(33-34(23)20-5-2-3-11-30-20)14-25(32-24(22)36)10-8-16-13-17(6-7-18(16)25)39-12-4-9-26(27,28)29/h2-3,5-7,11,13,21,31,35H,4,8-10,12,14-15H2,1H3,(H,32,36)/t21?,25-/m0/s1. The summed E-state index contributed by atoms with van der Waals surface area (Å²) < 4.78 is 67.6. The monoisotopic (exact) mass is 579 g/mol. The predicted molar refractivity (Wildman–Crippen MR) is 139 cm³/mol. The van der Waals surface area contributed by atoms with E-state index in [0.717, 1.165) is 17.4 Å².